The van der Waals surface area contributed by atoms with Crippen molar-refractivity contribution in [1.29, 1.82) is 0 Å². The van der Waals surface area contributed by atoms with Crippen LogP contribution in [0, 0.1) is 0 Å². The van der Waals surface area contributed by atoms with Crippen molar-refractivity contribution in [2.24, 2.45) is 0 Å². The Balaban J connectivity index is 1.44. The zero-order chi connectivity index (χ0) is 26.3. The number of hydrogen-bond donors (Lipinski definition) is 2. The van der Waals surface area contributed by atoms with Gasteiger partial charge in [0.25, 0.3) is 5.91 Å². The van der Waals surface area contributed by atoms with E-state index in [0.29, 0.717) is 24.1 Å². The van der Waals surface area contributed by atoms with E-state index in [0.717, 1.165) is 48.4 Å². The second-order valence-corrected chi connectivity index (χ2v) is 10.6. The van der Waals surface area contributed by atoms with E-state index in [9.17, 15) is 9.59 Å². The minimum Gasteiger partial charge on any atom is -0.354 e. The van der Waals surface area contributed by atoms with Gasteiger partial charge in [-0.1, -0.05) is 19.9 Å². The standard InChI is InChI=1S/C29H36N6O2/c1-18(2)27-22-14-20(19-10-12-34(13-11-19)17-26(36)33(4)5)6-8-23(22)32-28(27)21-7-9-25-31-24(29(37)30-3)16-35(25)15-21/h6-9,14-16,18-19,32H,10-13,17H2,1-5H3,(H,30,37). The van der Waals surface area contributed by atoms with Crippen molar-refractivity contribution in [3.63, 3.8) is 0 Å². The number of H-pyrrole nitrogens is 1. The number of carbonyl (C=O) groups is 2. The van der Waals surface area contributed by atoms with Crippen molar-refractivity contribution >= 4 is 28.4 Å². The summed E-state index contributed by atoms with van der Waals surface area (Å²) >= 11 is 0. The highest BCUT2D eigenvalue weighted by atomic mass is 16.2. The van der Waals surface area contributed by atoms with Crippen LogP contribution in [0.2, 0.25) is 0 Å². The van der Waals surface area contributed by atoms with E-state index >= 15 is 0 Å². The number of imidazole rings is 1. The van der Waals surface area contributed by atoms with E-state index in [2.05, 4.69) is 58.3 Å². The van der Waals surface area contributed by atoms with Gasteiger partial charge in [-0.25, -0.2) is 4.98 Å². The van der Waals surface area contributed by atoms with Gasteiger partial charge in [0.2, 0.25) is 5.91 Å². The molecule has 1 aromatic carbocycles. The smallest absolute Gasteiger partial charge is 0.271 e. The number of piperidine rings is 1. The zero-order valence-electron chi connectivity index (χ0n) is 22.3. The van der Waals surface area contributed by atoms with Crippen LogP contribution in [0.15, 0.2) is 42.7 Å². The van der Waals surface area contributed by atoms with Crippen LogP contribution >= 0.6 is 0 Å². The molecule has 8 heteroatoms. The summed E-state index contributed by atoms with van der Waals surface area (Å²) in [6, 6.07) is 10.9. The van der Waals surface area contributed by atoms with E-state index in [1.165, 1.54) is 16.5 Å². The van der Waals surface area contributed by atoms with Crippen LogP contribution in [0.5, 0.6) is 0 Å². The maximum atomic E-state index is 12.1. The molecule has 4 aromatic rings. The molecule has 1 saturated heterocycles. The van der Waals surface area contributed by atoms with Crippen LogP contribution in [0.1, 0.15) is 60.1 Å². The zero-order valence-corrected chi connectivity index (χ0v) is 22.3. The molecule has 0 spiro atoms. The van der Waals surface area contributed by atoms with Gasteiger partial charge in [-0.05, 0) is 73.2 Å². The molecular formula is C29H36N6O2. The monoisotopic (exact) mass is 500 g/mol. The number of nitrogens with zero attached hydrogens (tertiary/aromatic N) is 4. The van der Waals surface area contributed by atoms with E-state index in [1.807, 2.05) is 30.8 Å². The Labute approximate surface area is 217 Å². The van der Waals surface area contributed by atoms with Crippen LogP contribution in [0.25, 0.3) is 27.8 Å². The first kappa shape index (κ1) is 25.0. The first-order valence-corrected chi connectivity index (χ1v) is 13.0. The summed E-state index contributed by atoms with van der Waals surface area (Å²) in [7, 11) is 5.25. The molecule has 2 amide bonds. The molecule has 0 unspecified atom stereocenters. The lowest BCUT2D eigenvalue weighted by atomic mass is 9.87. The average molecular weight is 501 g/mol. The second-order valence-electron chi connectivity index (χ2n) is 10.6. The van der Waals surface area contributed by atoms with E-state index < -0.39 is 0 Å². The number of nitrogens with one attached hydrogen (secondary N) is 2. The molecule has 37 heavy (non-hydrogen) atoms. The molecule has 1 fully saturated rings. The molecule has 8 nitrogen and oxygen atoms in total. The normalized spacial score (nSPS) is 15.1. The Bertz CT molecular complexity index is 1460. The lowest BCUT2D eigenvalue weighted by Gasteiger charge is -2.32. The molecule has 0 saturated carbocycles. The summed E-state index contributed by atoms with van der Waals surface area (Å²) in [6.07, 6.45) is 5.93. The largest absolute Gasteiger partial charge is 0.354 e. The van der Waals surface area contributed by atoms with Gasteiger partial charge in [0.05, 0.1) is 12.2 Å². The van der Waals surface area contributed by atoms with Crippen molar-refractivity contribution in [3.05, 3.63) is 59.5 Å². The predicted molar refractivity (Wildman–Crippen MR) is 147 cm³/mol. The highest BCUT2D eigenvalue weighted by molar-refractivity contribution is 5.93. The number of amides is 2. The summed E-state index contributed by atoms with van der Waals surface area (Å²) in [4.78, 5) is 36.2. The van der Waals surface area contributed by atoms with Gasteiger partial charge in [0.15, 0.2) is 0 Å². The number of likely N-dealkylation sites (tertiary alicyclic amines) is 1. The Kier molecular flexibility index (Phi) is 6.77. The maximum absolute atomic E-state index is 12.1. The van der Waals surface area contributed by atoms with Crippen LogP contribution in [-0.2, 0) is 4.79 Å². The number of carbonyl (C=O) groups excluding carboxylic acids is 2. The molecule has 194 valence electrons. The summed E-state index contributed by atoms with van der Waals surface area (Å²) in [6.45, 7) is 6.86. The lowest BCUT2D eigenvalue weighted by molar-refractivity contribution is -0.130. The Morgan fingerprint density at radius 3 is 2.57 bits per heavy atom. The molecule has 0 bridgehead atoms. The molecule has 3 aromatic heterocycles. The topological polar surface area (TPSA) is 85.7 Å². The fraction of sp³-hybridized carbons (Fsp3) is 0.414. The number of pyridine rings is 1. The molecule has 5 rings (SSSR count). The third kappa shape index (κ3) is 4.85. The van der Waals surface area contributed by atoms with Gasteiger partial charge in [-0.15, -0.1) is 0 Å². The molecule has 0 aliphatic carbocycles. The van der Waals surface area contributed by atoms with Crippen LogP contribution in [0.4, 0.5) is 0 Å². The van der Waals surface area contributed by atoms with Crippen molar-refractivity contribution < 1.29 is 9.59 Å². The number of benzene rings is 1. The summed E-state index contributed by atoms with van der Waals surface area (Å²) in [5, 5.41) is 3.91. The number of aromatic nitrogens is 3. The predicted octanol–water partition coefficient (Wildman–Crippen LogP) is 4.23. The highest BCUT2D eigenvalue weighted by Gasteiger charge is 2.24. The minimum absolute atomic E-state index is 0.167. The quantitative estimate of drug-likeness (QED) is 0.415. The summed E-state index contributed by atoms with van der Waals surface area (Å²) in [5.74, 6) is 0.804. The molecule has 0 atom stereocenters. The Hall–Kier alpha value is -3.65. The Morgan fingerprint density at radius 1 is 1.14 bits per heavy atom. The molecule has 2 N–H and O–H groups in total. The molecular weight excluding hydrogens is 464 g/mol. The van der Waals surface area contributed by atoms with Gasteiger partial charge < -0.3 is 19.6 Å². The van der Waals surface area contributed by atoms with E-state index in [-0.39, 0.29) is 11.8 Å². The van der Waals surface area contributed by atoms with Gasteiger partial charge in [-0.3, -0.25) is 14.5 Å². The van der Waals surface area contributed by atoms with E-state index in [1.54, 1.807) is 18.1 Å². The third-order valence-electron chi connectivity index (χ3n) is 7.56. The first-order valence-electron chi connectivity index (χ1n) is 13.0. The van der Waals surface area contributed by atoms with Gasteiger partial charge in [-0.2, -0.15) is 0 Å². The third-order valence-corrected chi connectivity index (χ3v) is 7.56. The van der Waals surface area contributed by atoms with E-state index in [4.69, 9.17) is 0 Å². The molecule has 4 heterocycles. The maximum Gasteiger partial charge on any atom is 0.271 e. The Morgan fingerprint density at radius 2 is 1.89 bits per heavy atom. The van der Waals surface area contributed by atoms with Crippen molar-refractivity contribution in [3.8, 4) is 11.3 Å². The number of hydrogen-bond acceptors (Lipinski definition) is 4. The first-order chi connectivity index (χ1) is 17.7. The fourth-order valence-corrected chi connectivity index (χ4v) is 5.45. The SMILES string of the molecule is CNC(=O)c1cn2cc(-c3[nH]c4ccc(C5CCN(CC(=O)N(C)C)CC5)cc4c3C(C)C)ccc2n1. The van der Waals surface area contributed by atoms with Crippen molar-refractivity contribution in [1.82, 2.24) is 29.5 Å². The van der Waals surface area contributed by atoms with Gasteiger partial charge in [0.1, 0.15) is 11.3 Å². The van der Waals surface area contributed by atoms with Crippen LogP contribution < -0.4 is 5.32 Å². The fourth-order valence-electron chi connectivity index (χ4n) is 5.45. The van der Waals surface area contributed by atoms with Crippen LogP contribution in [-0.4, -0.2) is 76.8 Å². The number of likely N-dealkylation sites (N-methyl/N-ethyl adjacent to an activating group) is 1. The number of aromatic amines is 1. The lowest BCUT2D eigenvalue weighted by Crippen LogP contribution is -2.40. The van der Waals surface area contributed by atoms with Gasteiger partial charge in [0, 0.05) is 50.0 Å². The minimum atomic E-state index is -0.193. The van der Waals surface area contributed by atoms with Crippen molar-refractivity contribution in [2.45, 2.75) is 38.5 Å². The molecule has 1 aliphatic rings. The molecule has 1 aliphatic heterocycles. The van der Waals surface area contributed by atoms with Crippen LogP contribution in [0.3, 0.4) is 0 Å². The highest BCUT2D eigenvalue weighted by Crippen LogP contribution is 2.38. The number of fused-ring (bicyclic) bond motifs is 2. The second kappa shape index (κ2) is 10.0. The summed E-state index contributed by atoms with van der Waals surface area (Å²) in [5.41, 5.74) is 7.13. The average Bonchev–Trinajstić information content (AvgIpc) is 3.49. The summed E-state index contributed by atoms with van der Waals surface area (Å²) < 4.78 is 1.91. The van der Waals surface area contributed by atoms with Crippen molar-refractivity contribution in [2.75, 3.05) is 40.8 Å². The number of rotatable bonds is 6. The molecule has 0 radical (unpaired) electrons. The van der Waals surface area contributed by atoms with Gasteiger partial charge >= 0.3 is 0 Å².